The Morgan fingerprint density at radius 1 is 1.15 bits per heavy atom. The Morgan fingerprint density at radius 3 is 2.26 bits per heavy atom. The highest BCUT2D eigenvalue weighted by Crippen LogP contribution is 2.56. The van der Waals surface area contributed by atoms with Crippen LogP contribution in [0.4, 0.5) is 17.8 Å². The van der Waals surface area contributed by atoms with E-state index in [1.54, 1.807) is 31.2 Å². The van der Waals surface area contributed by atoms with Gasteiger partial charge in [-0.2, -0.15) is 8.42 Å². The lowest BCUT2D eigenvalue weighted by atomic mass is 9.62. The minimum Gasteiger partial charge on any atom is -0.289 e. The number of halogens is 4. The molecule has 0 saturated heterocycles. The maximum atomic E-state index is 14.6. The van der Waals surface area contributed by atoms with Crippen LogP contribution in [0.5, 0.6) is 0 Å². The van der Waals surface area contributed by atoms with Crippen LogP contribution < -0.4 is 0 Å². The molecule has 0 radical (unpaired) electrons. The molecule has 144 valence electrons. The number of ketones is 1. The van der Waals surface area contributed by atoms with Crippen LogP contribution in [0.25, 0.3) is 0 Å². The SMILES string of the molecule is CS(=O)(=O)OF.Cc1ccccc1C12c3cc1c(cc3F)C(=O)C(F)N2F. The van der Waals surface area contributed by atoms with Gasteiger partial charge in [-0.05, 0) is 40.3 Å². The smallest absolute Gasteiger partial charge is 0.289 e. The van der Waals surface area contributed by atoms with Crippen molar-refractivity contribution in [3.8, 4) is 0 Å². The minimum absolute atomic E-state index is 0.0631. The van der Waals surface area contributed by atoms with Crippen LogP contribution in [-0.4, -0.2) is 31.9 Å². The van der Waals surface area contributed by atoms with Crippen LogP contribution in [0, 0.1) is 12.7 Å². The van der Waals surface area contributed by atoms with E-state index in [1.165, 1.54) is 6.07 Å². The lowest BCUT2D eigenvalue weighted by molar-refractivity contribution is -0.130. The summed E-state index contributed by atoms with van der Waals surface area (Å²) in [4.78, 5) is 11.8. The Labute approximate surface area is 152 Å². The van der Waals surface area contributed by atoms with Gasteiger partial charge in [0.2, 0.25) is 12.1 Å². The molecular formula is C17H13F4NO4S. The summed E-state index contributed by atoms with van der Waals surface area (Å²) in [5.41, 5.74) is -0.156. The van der Waals surface area contributed by atoms with E-state index in [-0.39, 0.29) is 16.2 Å². The summed E-state index contributed by atoms with van der Waals surface area (Å²) in [7, 11) is -3.83. The van der Waals surface area contributed by atoms with Crippen molar-refractivity contribution in [2.45, 2.75) is 18.8 Å². The van der Waals surface area contributed by atoms with Gasteiger partial charge in [0.15, 0.2) is 0 Å². The summed E-state index contributed by atoms with van der Waals surface area (Å²) in [6.45, 7) is 1.75. The van der Waals surface area contributed by atoms with Crippen molar-refractivity contribution in [2.24, 2.45) is 0 Å². The number of alkyl halides is 1. The van der Waals surface area contributed by atoms with Crippen molar-refractivity contribution >= 4 is 15.9 Å². The summed E-state index contributed by atoms with van der Waals surface area (Å²) in [6, 6.07) is 9.26. The third-order valence-electron chi connectivity index (χ3n) is 4.54. The highest BCUT2D eigenvalue weighted by molar-refractivity contribution is 7.85. The number of hydrogen-bond donors (Lipinski definition) is 0. The average molecular weight is 403 g/mol. The van der Waals surface area contributed by atoms with Gasteiger partial charge in [-0.15, -0.1) is 4.48 Å². The number of rotatable bonds is 2. The molecule has 27 heavy (non-hydrogen) atoms. The number of Topliss-reactive ketones (excluding diaryl/α,β-unsaturated/α-hetero) is 1. The number of carbonyl (C=O) groups is 1. The van der Waals surface area contributed by atoms with Gasteiger partial charge < -0.3 is 0 Å². The van der Waals surface area contributed by atoms with E-state index in [0.717, 1.165) is 6.07 Å². The van der Waals surface area contributed by atoms with Crippen LogP contribution in [0.15, 0.2) is 36.4 Å². The topological polar surface area (TPSA) is 63.7 Å². The maximum absolute atomic E-state index is 14.6. The van der Waals surface area contributed by atoms with Gasteiger partial charge in [-0.25, -0.2) is 8.78 Å². The molecule has 0 amide bonds. The molecule has 2 atom stereocenters. The third-order valence-corrected chi connectivity index (χ3v) is 4.77. The molecule has 2 unspecified atom stereocenters. The molecule has 10 heteroatoms. The first-order valence-corrected chi connectivity index (χ1v) is 9.41. The Balaban J connectivity index is 0.000000307. The summed E-state index contributed by atoms with van der Waals surface area (Å²) in [6.07, 6.45) is -1.80. The van der Waals surface area contributed by atoms with E-state index in [9.17, 15) is 31.0 Å². The highest BCUT2D eigenvalue weighted by Gasteiger charge is 2.61. The summed E-state index contributed by atoms with van der Waals surface area (Å²) >= 11 is 0. The van der Waals surface area contributed by atoms with E-state index in [2.05, 4.69) is 4.39 Å². The summed E-state index contributed by atoms with van der Waals surface area (Å²) in [5, 5.41) is -0.154. The lowest BCUT2D eigenvalue weighted by Gasteiger charge is -2.51. The van der Waals surface area contributed by atoms with E-state index in [4.69, 9.17) is 0 Å². The molecule has 0 aromatic heterocycles. The van der Waals surface area contributed by atoms with Gasteiger partial charge >= 0.3 is 0 Å². The van der Waals surface area contributed by atoms with Crippen molar-refractivity contribution in [3.05, 3.63) is 70.0 Å². The molecule has 2 aliphatic carbocycles. The van der Waals surface area contributed by atoms with E-state index in [1.807, 2.05) is 0 Å². The Bertz CT molecular complexity index is 1040. The number of aryl methyl sites for hydroxylation is 1. The van der Waals surface area contributed by atoms with Gasteiger partial charge in [0.25, 0.3) is 10.1 Å². The van der Waals surface area contributed by atoms with Gasteiger partial charge in [0, 0.05) is 11.1 Å². The predicted molar refractivity (Wildman–Crippen MR) is 86.7 cm³/mol. The van der Waals surface area contributed by atoms with Gasteiger partial charge in [-0.1, -0.05) is 33.8 Å². The van der Waals surface area contributed by atoms with Crippen LogP contribution >= 0.6 is 0 Å². The van der Waals surface area contributed by atoms with E-state index in [0.29, 0.717) is 22.9 Å². The highest BCUT2D eigenvalue weighted by atomic mass is 32.2. The number of nitrogens with zero attached hydrogens (tertiary/aromatic N) is 1. The second-order valence-corrected chi connectivity index (χ2v) is 7.72. The monoisotopic (exact) mass is 403 g/mol. The molecule has 1 heterocycles. The molecule has 2 aromatic rings. The largest absolute Gasteiger partial charge is 0.295 e. The molecular weight excluding hydrogens is 390 g/mol. The first kappa shape index (κ1) is 19.5. The van der Waals surface area contributed by atoms with Crippen molar-refractivity contribution in [1.29, 1.82) is 0 Å². The molecule has 5 rings (SSSR count). The third kappa shape index (κ3) is 2.75. The van der Waals surface area contributed by atoms with Crippen molar-refractivity contribution in [2.75, 3.05) is 6.26 Å². The Kier molecular flexibility index (Phi) is 4.61. The fraction of sp³-hybridized carbons (Fsp3) is 0.235. The standard InChI is InChI=1S/C16H10F3NO.CH3FO3S/c1-8-4-2-3-5-10(8)16-11-7-12(16)13(17)6-9(11)14(21)15(18)20(16)19;1-6(3,4)5-2/h2-7,15H,1H3;1H3. The van der Waals surface area contributed by atoms with Crippen LogP contribution in [0.1, 0.15) is 32.6 Å². The Morgan fingerprint density at radius 2 is 1.74 bits per heavy atom. The summed E-state index contributed by atoms with van der Waals surface area (Å²) in [5.74, 6) is -1.73. The average Bonchev–Trinajstić information content (AvgIpc) is 2.60. The van der Waals surface area contributed by atoms with Crippen LogP contribution in [0.3, 0.4) is 0 Å². The second-order valence-electron chi connectivity index (χ2n) is 6.18. The number of fused-ring (bicyclic) bond motifs is 1. The molecule has 0 spiro atoms. The molecule has 2 aromatic carbocycles. The molecule has 0 fully saturated rings. The molecule has 1 aliphatic heterocycles. The molecule has 0 N–H and O–H groups in total. The predicted octanol–water partition coefficient (Wildman–Crippen LogP) is 3.26. The zero-order valence-corrected chi connectivity index (χ0v) is 14.9. The van der Waals surface area contributed by atoms with E-state index >= 15 is 0 Å². The van der Waals surface area contributed by atoms with Crippen molar-refractivity contribution in [3.63, 3.8) is 0 Å². The zero-order chi connectivity index (χ0) is 20.1. The normalized spacial score (nSPS) is 23.3. The van der Waals surface area contributed by atoms with Gasteiger partial charge in [0.1, 0.15) is 11.4 Å². The van der Waals surface area contributed by atoms with Gasteiger partial charge in [-0.3, -0.25) is 4.79 Å². The van der Waals surface area contributed by atoms with Gasteiger partial charge in [0.05, 0.1) is 6.26 Å². The molecule has 4 bridgehead atoms. The number of benzene rings is 2. The summed E-state index contributed by atoms with van der Waals surface area (Å²) < 4.78 is 74.5. The van der Waals surface area contributed by atoms with Crippen molar-refractivity contribution in [1.82, 2.24) is 5.12 Å². The molecule has 0 saturated carbocycles. The Hall–Kier alpha value is -2.30. The van der Waals surface area contributed by atoms with Crippen LogP contribution in [-0.2, 0) is 20.0 Å². The molecule has 3 aliphatic rings. The zero-order valence-electron chi connectivity index (χ0n) is 14.0. The minimum atomic E-state index is -3.83. The van der Waals surface area contributed by atoms with Crippen LogP contribution in [0.2, 0.25) is 0 Å². The molecule has 5 nitrogen and oxygen atoms in total. The maximum Gasteiger partial charge on any atom is 0.295 e. The quantitative estimate of drug-likeness (QED) is 0.438. The fourth-order valence-corrected chi connectivity index (χ4v) is 3.44. The first-order chi connectivity index (χ1) is 12.6. The van der Waals surface area contributed by atoms with Crippen molar-refractivity contribution < 1.29 is 35.4 Å². The lowest BCUT2D eigenvalue weighted by Crippen LogP contribution is -2.59. The number of carbonyl (C=O) groups excluding carboxylic acids is 1. The first-order valence-electron chi connectivity index (χ1n) is 7.60. The van der Waals surface area contributed by atoms with E-state index < -0.39 is 33.6 Å². The second kappa shape index (κ2) is 6.39. The fourth-order valence-electron chi connectivity index (χ4n) is 3.44. The number of hydrogen-bond acceptors (Lipinski definition) is 5.